The number of para-hydroxylation sites is 2. The van der Waals surface area contributed by atoms with E-state index in [0.717, 1.165) is 16.6 Å². The molecule has 0 saturated carbocycles. The molecule has 1 aromatic heterocycles. The van der Waals surface area contributed by atoms with Gasteiger partial charge < -0.3 is 9.47 Å². The fraction of sp³-hybridized carbons (Fsp3) is 0.0909. The van der Waals surface area contributed by atoms with Crippen molar-refractivity contribution in [3.63, 3.8) is 0 Å². The van der Waals surface area contributed by atoms with Gasteiger partial charge >= 0.3 is 0 Å². The van der Waals surface area contributed by atoms with Crippen molar-refractivity contribution in [2.75, 3.05) is 6.61 Å². The molecule has 0 N–H and O–H groups in total. The average Bonchev–Trinajstić information content (AvgIpc) is 3.16. The van der Waals surface area contributed by atoms with Crippen molar-refractivity contribution >= 4 is 22.7 Å². The molecule has 0 atom stereocenters. The average molecular weight is 357 g/mol. The molecule has 0 fully saturated rings. The number of hydrogen-bond donors (Lipinski definition) is 0. The molecule has 0 spiro atoms. The summed E-state index contributed by atoms with van der Waals surface area (Å²) in [6.07, 6.45) is 0. The van der Waals surface area contributed by atoms with Crippen molar-refractivity contribution in [1.82, 2.24) is 15.0 Å². The third-order valence-corrected chi connectivity index (χ3v) is 4.02. The minimum Gasteiger partial charge on any atom is -0.488 e. The maximum atomic E-state index is 6.25. The number of benzene rings is 3. The summed E-state index contributed by atoms with van der Waals surface area (Å²) >= 11 is 0. The smallest absolute Gasteiger partial charge is 0.266 e. The fourth-order valence-electron chi connectivity index (χ4n) is 2.81. The monoisotopic (exact) mass is 357 g/mol. The first kappa shape index (κ1) is 16.8. The van der Waals surface area contributed by atoms with Crippen LogP contribution in [0, 0.1) is 0 Å². The summed E-state index contributed by atoms with van der Waals surface area (Å²) in [5.74, 6) is 1.78. The summed E-state index contributed by atoms with van der Waals surface area (Å²) in [6.45, 7) is 2.45. The Hall–Kier alpha value is -3.60. The maximum Gasteiger partial charge on any atom is 0.266 e. The third-order valence-electron chi connectivity index (χ3n) is 4.02. The van der Waals surface area contributed by atoms with Crippen LogP contribution in [0.25, 0.3) is 22.7 Å². The van der Waals surface area contributed by atoms with E-state index >= 15 is 0 Å². The molecule has 0 aliphatic rings. The highest BCUT2D eigenvalue weighted by Crippen LogP contribution is 2.28. The lowest BCUT2D eigenvalue weighted by atomic mass is 10.2. The lowest BCUT2D eigenvalue weighted by Crippen LogP contribution is -2.11. The number of hydrogen-bond acceptors (Lipinski definition) is 4. The molecule has 4 aromatic rings. The number of ether oxygens (including phenoxy) is 2. The predicted molar refractivity (Wildman–Crippen MR) is 106 cm³/mol. The van der Waals surface area contributed by atoms with Crippen molar-refractivity contribution < 1.29 is 9.47 Å². The highest BCUT2D eigenvalue weighted by atomic mass is 16.5. The first-order chi connectivity index (χ1) is 13.4. The third kappa shape index (κ3) is 3.53. The molecule has 5 heteroatoms. The number of fused-ring (bicyclic) bond motifs is 1. The Bertz CT molecular complexity index is 1060. The van der Waals surface area contributed by atoms with E-state index < -0.39 is 0 Å². The Morgan fingerprint density at radius 2 is 1.52 bits per heavy atom. The molecule has 1 heterocycles. The van der Waals surface area contributed by atoms with Crippen LogP contribution in [-0.4, -0.2) is 21.6 Å². The zero-order valence-corrected chi connectivity index (χ0v) is 14.9. The summed E-state index contributed by atoms with van der Waals surface area (Å²) < 4.78 is 13.9. The van der Waals surface area contributed by atoms with Gasteiger partial charge in [-0.3, -0.25) is 0 Å². The fourth-order valence-corrected chi connectivity index (χ4v) is 2.81. The van der Waals surface area contributed by atoms with Crippen LogP contribution in [0.4, 0.5) is 0 Å². The van der Waals surface area contributed by atoms with Crippen molar-refractivity contribution in [3.8, 4) is 5.75 Å². The normalized spacial score (nSPS) is 11.9. The van der Waals surface area contributed by atoms with Crippen molar-refractivity contribution in [2.45, 2.75) is 6.92 Å². The van der Waals surface area contributed by atoms with Crippen LogP contribution < -0.4 is 4.74 Å². The summed E-state index contributed by atoms with van der Waals surface area (Å²) in [5, 5.41) is 8.58. The molecule has 0 bridgehead atoms. The molecule has 134 valence electrons. The summed E-state index contributed by atoms with van der Waals surface area (Å²) in [7, 11) is 0. The van der Waals surface area contributed by atoms with E-state index in [9.17, 15) is 0 Å². The first-order valence-electron chi connectivity index (χ1n) is 8.83. The van der Waals surface area contributed by atoms with Gasteiger partial charge in [0.25, 0.3) is 5.88 Å². The van der Waals surface area contributed by atoms with Gasteiger partial charge in [0, 0.05) is 5.56 Å². The molecule has 0 aliphatic heterocycles. The number of nitrogens with zero attached hydrogens (tertiary/aromatic N) is 3. The van der Waals surface area contributed by atoms with E-state index in [0.29, 0.717) is 24.0 Å². The first-order valence-corrected chi connectivity index (χ1v) is 8.83. The number of aromatic nitrogens is 3. The molecular formula is C22H19N3O2. The van der Waals surface area contributed by atoms with Gasteiger partial charge in [-0.15, -0.1) is 5.10 Å². The second-order valence-electron chi connectivity index (χ2n) is 5.84. The molecule has 0 amide bonds. The van der Waals surface area contributed by atoms with Gasteiger partial charge in [-0.25, -0.2) is 0 Å². The molecule has 27 heavy (non-hydrogen) atoms. The van der Waals surface area contributed by atoms with Crippen molar-refractivity contribution in [1.29, 1.82) is 0 Å². The molecule has 3 aromatic carbocycles. The summed E-state index contributed by atoms with van der Waals surface area (Å²) in [6, 6.07) is 27.2. The second kappa shape index (κ2) is 7.74. The van der Waals surface area contributed by atoms with Gasteiger partial charge in [-0.1, -0.05) is 65.9 Å². The van der Waals surface area contributed by atoms with Crippen molar-refractivity contribution in [2.24, 2.45) is 0 Å². The van der Waals surface area contributed by atoms with Crippen LogP contribution in [0.5, 0.6) is 5.75 Å². The lowest BCUT2D eigenvalue weighted by Gasteiger charge is -2.17. The van der Waals surface area contributed by atoms with Crippen LogP contribution in [0.2, 0.25) is 0 Å². The quantitative estimate of drug-likeness (QED) is 0.464. The molecule has 0 aliphatic carbocycles. The van der Waals surface area contributed by atoms with E-state index in [1.165, 1.54) is 0 Å². The van der Waals surface area contributed by atoms with Gasteiger partial charge in [-0.05, 0) is 31.2 Å². The summed E-state index contributed by atoms with van der Waals surface area (Å²) in [5.41, 5.74) is 2.54. The zero-order valence-electron chi connectivity index (χ0n) is 14.9. The van der Waals surface area contributed by atoms with Gasteiger partial charge in [-0.2, -0.15) is 4.68 Å². The Morgan fingerprint density at radius 3 is 2.26 bits per heavy atom. The van der Waals surface area contributed by atoms with Gasteiger partial charge in [0.2, 0.25) is 0 Å². The van der Waals surface area contributed by atoms with Crippen molar-refractivity contribution in [3.05, 3.63) is 90.5 Å². The van der Waals surface area contributed by atoms with E-state index in [-0.39, 0.29) is 0 Å². The van der Waals surface area contributed by atoms with Crippen LogP contribution in [0.3, 0.4) is 0 Å². The SMILES string of the molecule is CCO/C(=C(/Oc1ccccc1)n1nnc2ccccc21)c1ccccc1. The molecule has 0 saturated heterocycles. The van der Waals surface area contributed by atoms with E-state index in [2.05, 4.69) is 10.3 Å². The van der Waals surface area contributed by atoms with E-state index in [4.69, 9.17) is 9.47 Å². The largest absolute Gasteiger partial charge is 0.488 e. The Labute approximate surface area is 157 Å². The van der Waals surface area contributed by atoms with Crippen LogP contribution >= 0.6 is 0 Å². The van der Waals surface area contributed by atoms with E-state index in [1.807, 2.05) is 91.9 Å². The van der Waals surface area contributed by atoms with Gasteiger partial charge in [0.1, 0.15) is 11.3 Å². The van der Waals surface area contributed by atoms with Crippen LogP contribution in [0.1, 0.15) is 12.5 Å². The highest BCUT2D eigenvalue weighted by molar-refractivity contribution is 5.83. The number of rotatable bonds is 6. The topological polar surface area (TPSA) is 49.2 Å². The lowest BCUT2D eigenvalue weighted by molar-refractivity contribution is 0.288. The zero-order chi connectivity index (χ0) is 18.5. The maximum absolute atomic E-state index is 6.25. The minimum absolute atomic E-state index is 0.475. The Balaban J connectivity index is 1.94. The Kier molecular flexibility index (Phi) is 4.83. The minimum atomic E-state index is 0.475. The van der Waals surface area contributed by atoms with Gasteiger partial charge in [0.05, 0.1) is 12.1 Å². The molecule has 0 unspecified atom stereocenters. The molecular weight excluding hydrogens is 338 g/mol. The molecule has 0 radical (unpaired) electrons. The highest BCUT2D eigenvalue weighted by Gasteiger charge is 2.19. The van der Waals surface area contributed by atoms with Gasteiger partial charge in [0.15, 0.2) is 5.76 Å². The van der Waals surface area contributed by atoms with Crippen LogP contribution in [0.15, 0.2) is 84.9 Å². The molecule has 4 rings (SSSR count). The Morgan fingerprint density at radius 1 is 0.852 bits per heavy atom. The van der Waals surface area contributed by atoms with E-state index in [1.54, 1.807) is 4.68 Å². The predicted octanol–water partition coefficient (Wildman–Crippen LogP) is 4.83. The second-order valence-corrected chi connectivity index (χ2v) is 5.84. The molecule has 5 nitrogen and oxygen atoms in total. The summed E-state index contributed by atoms with van der Waals surface area (Å²) in [4.78, 5) is 0. The van der Waals surface area contributed by atoms with Crippen LogP contribution in [-0.2, 0) is 4.74 Å². The standard InChI is InChI=1S/C22H19N3O2/c1-2-26-21(17-11-5-3-6-12-17)22(27-18-13-7-4-8-14-18)25-20-16-10-9-15-19(20)23-24-25/h3-16H,2H2,1H3/b22-21+.